The van der Waals surface area contributed by atoms with Gasteiger partial charge in [0.2, 0.25) is 0 Å². The third-order valence-corrected chi connectivity index (χ3v) is 4.77. The topological polar surface area (TPSA) is 54.9 Å². The van der Waals surface area contributed by atoms with Crippen LogP contribution < -0.4 is 20.1 Å². The molecule has 0 saturated heterocycles. The Kier molecular flexibility index (Phi) is 10.4. The lowest BCUT2D eigenvalue weighted by Gasteiger charge is -2.15. The van der Waals surface area contributed by atoms with Crippen LogP contribution in [0.3, 0.4) is 0 Å². The maximum absolute atomic E-state index is 5.35. The van der Waals surface area contributed by atoms with Crippen molar-refractivity contribution in [1.82, 2.24) is 10.6 Å². The second kappa shape index (κ2) is 12.0. The highest BCUT2D eigenvalue weighted by Crippen LogP contribution is 2.27. The third kappa shape index (κ3) is 6.68. The Morgan fingerprint density at radius 2 is 1.92 bits per heavy atom. The summed E-state index contributed by atoms with van der Waals surface area (Å²) < 4.78 is 10.6. The van der Waals surface area contributed by atoms with Crippen molar-refractivity contribution < 1.29 is 9.47 Å². The normalized spacial score (nSPS) is 12.1. The second-order valence-electron chi connectivity index (χ2n) is 5.78. The zero-order chi connectivity index (χ0) is 18.1. The second-order valence-corrected chi connectivity index (χ2v) is 6.56. The minimum absolute atomic E-state index is 0. The third-order valence-electron chi connectivity index (χ3n) is 4.07. The molecule has 2 N–H and O–H groups in total. The number of nitrogens with one attached hydrogen (secondary N) is 2. The van der Waals surface area contributed by atoms with Crippen LogP contribution in [0, 0.1) is 0 Å². The summed E-state index contributed by atoms with van der Waals surface area (Å²) in [7, 11) is 5.09. The fraction of sp³-hybridized carbons (Fsp3) is 0.421. The summed E-state index contributed by atoms with van der Waals surface area (Å²) in [5, 5.41) is 11.0. The van der Waals surface area contributed by atoms with Crippen LogP contribution in [-0.2, 0) is 6.42 Å². The fourth-order valence-corrected chi connectivity index (χ4v) is 3.29. The van der Waals surface area contributed by atoms with Crippen molar-refractivity contribution in [2.45, 2.75) is 19.3 Å². The van der Waals surface area contributed by atoms with Crippen LogP contribution in [0.2, 0.25) is 0 Å². The van der Waals surface area contributed by atoms with Crippen molar-refractivity contribution in [3.05, 3.63) is 46.2 Å². The number of guanidine groups is 1. The van der Waals surface area contributed by atoms with Gasteiger partial charge in [-0.1, -0.05) is 13.0 Å². The molecular weight excluding hydrogens is 461 g/mol. The van der Waals surface area contributed by atoms with Gasteiger partial charge >= 0.3 is 0 Å². The molecule has 5 nitrogen and oxygen atoms in total. The summed E-state index contributed by atoms with van der Waals surface area (Å²) in [5.41, 5.74) is 2.55. The monoisotopic (exact) mass is 489 g/mol. The molecule has 0 saturated carbocycles. The highest BCUT2D eigenvalue weighted by Gasteiger charge is 2.08. The molecular formula is C19H28IN3O2S. The molecule has 0 aliphatic carbocycles. The molecule has 1 atom stereocenters. The first-order valence-electron chi connectivity index (χ1n) is 8.35. The van der Waals surface area contributed by atoms with Gasteiger partial charge in [-0.25, -0.2) is 0 Å². The van der Waals surface area contributed by atoms with E-state index in [1.54, 1.807) is 32.6 Å². The number of ether oxygens (including phenoxy) is 2. The number of nitrogens with zero attached hydrogens (tertiary/aromatic N) is 1. The van der Waals surface area contributed by atoms with E-state index in [-0.39, 0.29) is 24.0 Å². The fourth-order valence-electron chi connectivity index (χ4n) is 2.51. The Balaban J connectivity index is 0.00000338. The van der Waals surface area contributed by atoms with Gasteiger partial charge in [0, 0.05) is 20.1 Å². The Bertz CT molecular complexity index is 677. The number of halogens is 1. The molecule has 0 amide bonds. The number of hydrogen-bond donors (Lipinski definition) is 2. The van der Waals surface area contributed by atoms with Gasteiger partial charge in [0.05, 0.1) is 14.2 Å². The molecule has 1 aromatic heterocycles. The molecule has 2 rings (SSSR count). The van der Waals surface area contributed by atoms with E-state index in [4.69, 9.17) is 9.47 Å². The number of thiophene rings is 1. The van der Waals surface area contributed by atoms with Gasteiger partial charge in [0.15, 0.2) is 17.5 Å². The zero-order valence-electron chi connectivity index (χ0n) is 15.7. The number of methoxy groups -OCH3 is 2. The molecule has 1 heterocycles. The predicted molar refractivity (Wildman–Crippen MR) is 121 cm³/mol. The molecule has 0 fully saturated rings. The van der Waals surface area contributed by atoms with Gasteiger partial charge in [0.25, 0.3) is 0 Å². The largest absolute Gasteiger partial charge is 0.493 e. The molecule has 0 aliphatic heterocycles. The Labute approximate surface area is 177 Å². The molecule has 0 aliphatic rings. The molecule has 7 heteroatoms. The zero-order valence-corrected chi connectivity index (χ0v) is 18.9. The van der Waals surface area contributed by atoms with Crippen LogP contribution in [0.5, 0.6) is 11.5 Å². The van der Waals surface area contributed by atoms with E-state index < -0.39 is 0 Å². The maximum atomic E-state index is 5.35. The van der Waals surface area contributed by atoms with Gasteiger partial charge in [-0.2, -0.15) is 11.3 Å². The Morgan fingerprint density at radius 1 is 1.15 bits per heavy atom. The van der Waals surface area contributed by atoms with Gasteiger partial charge in [-0.3, -0.25) is 4.99 Å². The molecule has 1 unspecified atom stereocenters. The van der Waals surface area contributed by atoms with Crippen molar-refractivity contribution in [2.24, 2.45) is 4.99 Å². The minimum atomic E-state index is 0. The molecule has 26 heavy (non-hydrogen) atoms. The predicted octanol–water partition coefficient (Wildman–Crippen LogP) is 3.89. The lowest BCUT2D eigenvalue weighted by atomic mass is 10.1. The maximum Gasteiger partial charge on any atom is 0.191 e. The first-order valence-corrected chi connectivity index (χ1v) is 9.29. The highest BCUT2D eigenvalue weighted by molar-refractivity contribution is 14.0. The lowest BCUT2D eigenvalue weighted by Crippen LogP contribution is -2.39. The van der Waals surface area contributed by atoms with Gasteiger partial charge in [-0.05, 0) is 52.4 Å². The van der Waals surface area contributed by atoms with E-state index in [0.717, 1.165) is 37.0 Å². The average Bonchev–Trinajstić information content (AvgIpc) is 3.18. The van der Waals surface area contributed by atoms with Crippen molar-refractivity contribution >= 4 is 41.3 Å². The number of aliphatic imine (C=N–C) groups is 1. The number of benzene rings is 1. The van der Waals surface area contributed by atoms with Crippen LogP contribution in [-0.4, -0.2) is 40.3 Å². The summed E-state index contributed by atoms with van der Waals surface area (Å²) in [6.07, 6.45) is 0.876. The van der Waals surface area contributed by atoms with E-state index in [1.165, 1.54) is 11.1 Å². The van der Waals surface area contributed by atoms with Crippen molar-refractivity contribution in [2.75, 3.05) is 34.4 Å². The summed E-state index contributed by atoms with van der Waals surface area (Å²) in [5.74, 6) is 2.78. The number of rotatable bonds is 8. The van der Waals surface area contributed by atoms with Crippen LogP contribution >= 0.6 is 35.3 Å². The minimum Gasteiger partial charge on any atom is -0.493 e. The van der Waals surface area contributed by atoms with E-state index in [2.05, 4.69) is 45.4 Å². The van der Waals surface area contributed by atoms with Crippen molar-refractivity contribution in [3.63, 3.8) is 0 Å². The van der Waals surface area contributed by atoms with Crippen molar-refractivity contribution in [3.8, 4) is 11.5 Å². The summed E-state index contributed by atoms with van der Waals surface area (Å²) in [6, 6.07) is 8.17. The number of hydrogen-bond acceptors (Lipinski definition) is 4. The Morgan fingerprint density at radius 3 is 2.54 bits per heavy atom. The van der Waals surface area contributed by atoms with Crippen LogP contribution in [0.25, 0.3) is 0 Å². The van der Waals surface area contributed by atoms with Crippen molar-refractivity contribution in [1.29, 1.82) is 0 Å². The van der Waals surface area contributed by atoms with Crippen LogP contribution in [0.1, 0.15) is 24.0 Å². The van der Waals surface area contributed by atoms with Gasteiger partial charge in [0.1, 0.15) is 0 Å². The molecule has 144 valence electrons. The lowest BCUT2D eigenvalue weighted by molar-refractivity contribution is 0.354. The first-order chi connectivity index (χ1) is 12.2. The standard InChI is InChI=1S/C19H27N3O2S.HI/c1-14(16-8-10-25-13-16)12-22-19(20-2)21-9-7-15-5-6-17(23-3)18(11-15)24-4;/h5-6,8,10-11,13-14H,7,9,12H2,1-4H3,(H2,20,21,22);1H. The molecule has 0 bridgehead atoms. The van der Waals surface area contributed by atoms with E-state index in [0.29, 0.717) is 5.92 Å². The van der Waals surface area contributed by atoms with E-state index in [9.17, 15) is 0 Å². The summed E-state index contributed by atoms with van der Waals surface area (Å²) >= 11 is 1.73. The van der Waals surface area contributed by atoms with Gasteiger partial charge in [-0.15, -0.1) is 24.0 Å². The smallest absolute Gasteiger partial charge is 0.191 e. The summed E-state index contributed by atoms with van der Waals surface area (Å²) in [4.78, 5) is 4.29. The van der Waals surface area contributed by atoms with Crippen LogP contribution in [0.4, 0.5) is 0 Å². The summed E-state index contributed by atoms with van der Waals surface area (Å²) in [6.45, 7) is 3.86. The quantitative estimate of drug-likeness (QED) is 0.336. The molecule has 0 radical (unpaired) electrons. The SMILES string of the molecule is CN=C(NCCc1ccc(OC)c(OC)c1)NCC(C)c1ccsc1.I. The van der Waals surface area contributed by atoms with E-state index in [1.807, 2.05) is 12.1 Å². The Hall–Kier alpha value is -1.48. The average molecular weight is 489 g/mol. The van der Waals surface area contributed by atoms with E-state index >= 15 is 0 Å². The first kappa shape index (κ1) is 22.6. The molecule has 1 aromatic carbocycles. The highest BCUT2D eigenvalue weighted by atomic mass is 127. The molecule has 2 aromatic rings. The molecule has 0 spiro atoms. The van der Waals surface area contributed by atoms with Gasteiger partial charge < -0.3 is 20.1 Å². The van der Waals surface area contributed by atoms with Crippen LogP contribution in [0.15, 0.2) is 40.0 Å².